The van der Waals surface area contributed by atoms with Crippen LogP contribution in [0.15, 0.2) is 12.3 Å². The van der Waals surface area contributed by atoms with Gasteiger partial charge in [0.15, 0.2) is 0 Å². The molecule has 2 rings (SSSR count). The Balaban J connectivity index is 1.83. The van der Waals surface area contributed by atoms with E-state index in [2.05, 4.69) is 4.98 Å². The van der Waals surface area contributed by atoms with Crippen molar-refractivity contribution < 1.29 is 14.7 Å². The van der Waals surface area contributed by atoms with E-state index in [1.807, 2.05) is 0 Å². The molecular weight excluding hydrogens is 268 g/mol. The predicted octanol–water partition coefficient (Wildman–Crippen LogP) is 2.39. The molecule has 0 aliphatic carbocycles. The van der Waals surface area contributed by atoms with E-state index >= 15 is 0 Å². The number of H-pyrrole nitrogens is 1. The molecule has 5 nitrogen and oxygen atoms in total. The van der Waals surface area contributed by atoms with Crippen LogP contribution >= 0.6 is 11.6 Å². The van der Waals surface area contributed by atoms with Crippen molar-refractivity contribution in [2.75, 3.05) is 13.1 Å². The number of carbonyl (C=O) groups is 2. The highest BCUT2D eigenvalue weighted by Gasteiger charge is 2.24. The van der Waals surface area contributed by atoms with E-state index in [4.69, 9.17) is 16.7 Å². The topological polar surface area (TPSA) is 73.4 Å². The third-order valence-electron chi connectivity index (χ3n) is 3.55. The Morgan fingerprint density at radius 2 is 2.11 bits per heavy atom. The number of hydrogen-bond acceptors (Lipinski definition) is 2. The number of piperidine rings is 1. The molecule has 1 fully saturated rings. The molecular formula is C13H17ClN2O3. The summed E-state index contributed by atoms with van der Waals surface area (Å²) in [7, 11) is 0. The number of halogens is 1. The zero-order valence-electron chi connectivity index (χ0n) is 10.6. The van der Waals surface area contributed by atoms with Gasteiger partial charge in [0.05, 0.1) is 5.02 Å². The Labute approximate surface area is 116 Å². The predicted molar refractivity (Wildman–Crippen MR) is 71.3 cm³/mol. The summed E-state index contributed by atoms with van der Waals surface area (Å²) in [5, 5.41) is 9.18. The summed E-state index contributed by atoms with van der Waals surface area (Å²) in [6, 6.07) is 1.63. The summed E-state index contributed by atoms with van der Waals surface area (Å²) >= 11 is 5.78. The maximum atomic E-state index is 12.1. The summed E-state index contributed by atoms with van der Waals surface area (Å²) in [6.07, 6.45) is 4.24. The molecule has 1 aromatic heterocycles. The lowest BCUT2D eigenvalue weighted by Gasteiger charge is -2.31. The van der Waals surface area contributed by atoms with E-state index in [0.717, 1.165) is 12.8 Å². The number of carboxylic acids is 1. The molecule has 19 heavy (non-hydrogen) atoms. The van der Waals surface area contributed by atoms with Gasteiger partial charge in [-0.05, 0) is 31.2 Å². The summed E-state index contributed by atoms with van der Waals surface area (Å²) in [5.41, 5.74) is 0.508. The Morgan fingerprint density at radius 1 is 1.42 bits per heavy atom. The normalized spacial score (nSPS) is 16.6. The Bertz CT molecular complexity index is 464. The third kappa shape index (κ3) is 3.73. The second kappa shape index (κ2) is 6.10. The maximum absolute atomic E-state index is 12.1. The second-order valence-electron chi connectivity index (χ2n) is 4.90. The first-order chi connectivity index (χ1) is 9.06. The molecule has 2 N–H and O–H groups in total. The first kappa shape index (κ1) is 13.9. The fourth-order valence-electron chi connectivity index (χ4n) is 2.41. The van der Waals surface area contributed by atoms with E-state index < -0.39 is 5.97 Å². The number of carboxylic acid groups (broad SMARTS) is 1. The number of carbonyl (C=O) groups excluding carboxylic acids is 1. The molecule has 1 saturated heterocycles. The van der Waals surface area contributed by atoms with Gasteiger partial charge in [0.1, 0.15) is 5.69 Å². The van der Waals surface area contributed by atoms with Gasteiger partial charge in [-0.15, -0.1) is 0 Å². The van der Waals surface area contributed by atoms with Crippen LogP contribution in [-0.4, -0.2) is 40.0 Å². The van der Waals surface area contributed by atoms with E-state index in [9.17, 15) is 9.59 Å². The quantitative estimate of drug-likeness (QED) is 0.891. The van der Waals surface area contributed by atoms with Crippen LogP contribution < -0.4 is 0 Å². The van der Waals surface area contributed by atoms with E-state index in [1.165, 1.54) is 0 Å². The molecule has 1 aliphatic heterocycles. The highest BCUT2D eigenvalue weighted by Crippen LogP contribution is 2.23. The van der Waals surface area contributed by atoms with Gasteiger partial charge in [0.2, 0.25) is 0 Å². The molecule has 1 amide bonds. The average molecular weight is 285 g/mol. The van der Waals surface area contributed by atoms with E-state index in [0.29, 0.717) is 36.1 Å². The second-order valence-corrected chi connectivity index (χ2v) is 5.34. The largest absolute Gasteiger partial charge is 0.481 e. The first-order valence-electron chi connectivity index (χ1n) is 6.41. The van der Waals surface area contributed by atoms with Gasteiger partial charge in [-0.2, -0.15) is 0 Å². The van der Waals surface area contributed by atoms with Crippen LogP contribution in [0.3, 0.4) is 0 Å². The highest BCUT2D eigenvalue weighted by atomic mass is 35.5. The van der Waals surface area contributed by atoms with Crippen molar-refractivity contribution in [3.8, 4) is 0 Å². The highest BCUT2D eigenvalue weighted by molar-refractivity contribution is 6.30. The molecule has 0 bridgehead atoms. The van der Waals surface area contributed by atoms with E-state index in [1.54, 1.807) is 17.2 Å². The van der Waals surface area contributed by atoms with Crippen molar-refractivity contribution >= 4 is 23.5 Å². The molecule has 0 atom stereocenters. The molecule has 6 heteroatoms. The number of aromatic amines is 1. The zero-order chi connectivity index (χ0) is 13.8. The molecule has 0 saturated carbocycles. The smallest absolute Gasteiger partial charge is 0.303 e. The van der Waals surface area contributed by atoms with Crippen molar-refractivity contribution in [2.24, 2.45) is 5.92 Å². The number of rotatable bonds is 4. The number of nitrogens with one attached hydrogen (secondary N) is 1. The van der Waals surface area contributed by atoms with Gasteiger partial charge in [-0.3, -0.25) is 9.59 Å². The van der Waals surface area contributed by atoms with Crippen LogP contribution in [0.25, 0.3) is 0 Å². The molecule has 1 aliphatic rings. The van der Waals surface area contributed by atoms with Gasteiger partial charge in [-0.1, -0.05) is 11.6 Å². The minimum Gasteiger partial charge on any atom is -0.481 e. The van der Waals surface area contributed by atoms with Gasteiger partial charge in [0.25, 0.3) is 5.91 Å². The number of nitrogens with zero attached hydrogens (tertiary/aromatic N) is 1. The lowest BCUT2D eigenvalue weighted by molar-refractivity contribution is -0.137. The Hall–Kier alpha value is -1.49. The van der Waals surface area contributed by atoms with Crippen LogP contribution in [0, 0.1) is 5.92 Å². The van der Waals surface area contributed by atoms with Crippen LogP contribution in [0.2, 0.25) is 5.02 Å². The van der Waals surface area contributed by atoms with Crippen molar-refractivity contribution in [2.45, 2.75) is 25.7 Å². The van der Waals surface area contributed by atoms with Crippen LogP contribution in [0.4, 0.5) is 0 Å². The minimum absolute atomic E-state index is 0.0383. The summed E-state index contributed by atoms with van der Waals surface area (Å²) < 4.78 is 0. The van der Waals surface area contributed by atoms with Crippen LogP contribution in [0.1, 0.15) is 36.2 Å². The van der Waals surface area contributed by atoms with Crippen molar-refractivity contribution in [1.82, 2.24) is 9.88 Å². The van der Waals surface area contributed by atoms with Gasteiger partial charge < -0.3 is 15.0 Å². The number of amides is 1. The Morgan fingerprint density at radius 3 is 2.63 bits per heavy atom. The number of hydrogen-bond donors (Lipinski definition) is 2. The van der Waals surface area contributed by atoms with Crippen LogP contribution in [-0.2, 0) is 4.79 Å². The lowest BCUT2D eigenvalue weighted by Crippen LogP contribution is -2.38. The molecule has 0 aromatic carbocycles. The monoisotopic (exact) mass is 284 g/mol. The van der Waals surface area contributed by atoms with Crippen molar-refractivity contribution in [3.05, 3.63) is 23.0 Å². The summed E-state index contributed by atoms with van der Waals surface area (Å²) in [5.74, 6) is -0.379. The van der Waals surface area contributed by atoms with Gasteiger partial charge in [-0.25, -0.2) is 0 Å². The van der Waals surface area contributed by atoms with Gasteiger partial charge in [0, 0.05) is 25.7 Å². The first-order valence-corrected chi connectivity index (χ1v) is 6.79. The van der Waals surface area contributed by atoms with Crippen molar-refractivity contribution in [1.29, 1.82) is 0 Å². The fourth-order valence-corrected chi connectivity index (χ4v) is 2.58. The average Bonchev–Trinajstić information content (AvgIpc) is 2.83. The molecule has 104 valence electrons. The maximum Gasteiger partial charge on any atom is 0.303 e. The van der Waals surface area contributed by atoms with E-state index in [-0.39, 0.29) is 12.3 Å². The standard InChI is InChI=1S/C13H17ClN2O3/c14-10-7-11(15-8-10)13(19)16-5-3-9(4-6-16)1-2-12(17)18/h7-9,15H,1-6H2,(H,17,18). The zero-order valence-corrected chi connectivity index (χ0v) is 11.3. The van der Waals surface area contributed by atoms with Gasteiger partial charge >= 0.3 is 5.97 Å². The molecule has 0 radical (unpaired) electrons. The third-order valence-corrected chi connectivity index (χ3v) is 3.76. The minimum atomic E-state index is -0.750. The summed E-state index contributed by atoms with van der Waals surface area (Å²) in [6.45, 7) is 1.36. The number of likely N-dealkylation sites (tertiary alicyclic amines) is 1. The van der Waals surface area contributed by atoms with Crippen molar-refractivity contribution in [3.63, 3.8) is 0 Å². The SMILES string of the molecule is O=C(O)CCC1CCN(C(=O)c2cc(Cl)c[nH]2)CC1. The fraction of sp³-hybridized carbons (Fsp3) is 0.538. The molecule has 2 heterocycles. The van der Waals surface area contributed by atoms with Crippen LogP contribution in [0.5, 0.6) is 0 Å². The molecule has 0 spiro atoms. The number of aliphatic carboxylic acids is 1. The molecule has 1 aromatic rings. The Kier molecular flexibility index (Phi) is 4.47. The number of aromatic nitrogens is 1. The molecule has 0 unspecified atom stereocenters. The lowest BCUT2D eigenvalue weighted by atomic mass is 9.92. The summed E-state index contributed by atoms with van der Waals surface area (Å²) in [4.78, 5) is 27.3.